The highest BCUT2D eigenvalue weighted by atomic mass is 32.3. The van der Waals surface area contributed by atoms with E-state index in [1.54, 1.807) is 12.1 Å². The van der Waals surface area contributed by atoms with E-state index in [0.717, 1.165) is 11.1 Å². The highest BCUT2D eigenvalue weighted by Gasteiger charge is 2.24. The summed E-state index contributed by atoms with van der Waals surface area (Å²) in [4.78, 5) is 0. The van der Waals surface area contributed by atoms with Crippen LogP contribution in [0.3, 0.4) is 0 Å². The van der Waals surface area contributed by atoms with E-state index in [2.05, 4.69) is 9.37 Å². The minimum atomic E-state index is -3.93. The van der Waals surface area contributed by atoms with E-state index in [9.17, 15) is 13.7 Å². The number of hydrogen-bond acceptors (Lipinski definition) is 9. The van der Waals surface area contributed by atoms with Crippen molar-refractivity contribution in [1.82, 2.24) is 0 Å². The minimum Gasteiger partial charge on any atom is -0.691 e. The van der Waals surface area contributed by atoms with Gasteiger partial charge in [0, 0.05) is 11.5 Å². The third-order valence-electron chi connectivity index (χ3n) is 3.81. The van der Waals surface area contributed by atoms with Crippen LogP contribution in [0.5, 0.6) is 5.75 Å². The standard InChI is InChI=1S/C17H18O8S2/c18-24-25-26-12-27(19,20)23-16-8-6-14(7-9-16)17-21-10-15(11-22-17)13-4-2-1-3-5-13/h1-9,15,17-18H,10-12H2/p-1. The second-order valence-corrected chi connectivity index (χ2v) is 8.28. The molecular weight excluding hydrogens is 396 g/mol. The van der Waals surface area contributed by atoms with Crippen molar-refractivity contribution in [3.8, 4) is 5.75 Å². The molecule has 3 rings (SSSR count). The first-order valence-corrected chi connectivity index (χ1v) is 10.4. The summed E-state index contributed by atoms with van der Waals surface area (Å²) >= 11 is 0.316. The zero-order valence-electron chi connectivity index (χ0n) is 14.1. The normalized spacial score (nSPS) is 20.3. The van der Waals surface area contributed by atoms with Crippen molar-refractivity contribution >= 4 is 22.2 Å². The van der Waals surface area contributed by atoms with E-state index < -0.39 is 21.5 Å². The molecule has 1 fully saturated rings. The molecular formula is C17H17O8S2-. The molecule has 0 saturated carbocycles. The summed E-state index contributed by atoms with van der Waals surface area (Å²) in [6.07, 6.45) is -0.520. The van der Waals surface area contributed by atoms with Crippen LogP contribution < -0.4 is 9.44 Å². The van der Waals surface area contributed by atoms with Gasteiger partial charge in [-0.3, -0.25) is 5.04 Å². The third kappa shape index (κ3) is 5.91. The van der Waals surface area contributed by atoms with Crippen molar-refractivity contribution in [2.45, 2.75) is 12.2 Å². The Morgan fingerprint density at radius 2 is 1.67 bits per heavy atom. The zero-order chi connectivity index (χ0) is 19.1. The average molecular weight is 413 g/mol. The van der Waals surface area contributed by atoms with Crippen LogP contribution in [0.4, 0.5) is 0 Å². The summed E-state index contributed by atoms with van der Waals surface area (Å²) < 4.78 is 43.8. The van der Waals surface area contributed by atoms with Gasteiger partial charge in [-0.15, -0.1) is 0 Å². The van der Waals surface area contributed by atoms with Crippen molar-refractivity contribution in [1.29, 1.82) is 0 Å². The van der Waals surface area contributed by atoms with Crippen LogP contribution in [0.1, 0.15) is 23.3 Å². The molecule has 0 aliphatic carbocycles. The Balaban J connectivity index is 1.54. The SMILES string of the molecule is O=S(=O)(CSOO[O-])Oc1ccc(C2OCC(c3ccccc3)CO2)cc1. The molecule has 1 heterocycles. The average Bonchev–Trinajstić information content (AvgIpc) is 2.69. The predicted molar refractivity (Wildman–Crippen MR) is 94.4 cm³/mol. The van der Waals surface area contributed by atoms with Crippen LogP contribution in [0, 0.1) is 0 Å². The van der Waals surface area contributed by atoms with Crippen LogP contribution in [0.25, 0.3) is 0 Å². The first-order chi connectivity index (χ1) is 13.1. The van der Waals surface area contributed by atoms with Gasteiger partial charge in [-0.25, -0.2) is 0 Å². The van der Waals surface area contributed by atoms with Gasteiger partial charge < -0.3 is 18.9 Å². The van der Waals surface area contributed by atoms with Crippen LogP contribution in [-0.2, 0) is 29.0 Å². The van der Waals surface area contributed by atoms with Gasteiger partial charge >= 0.3 is 10.1 Å². The monoisotopic (exact) mass is 413 g/mol. The summed E-state index contributed by atoms with van der Waals surface area (Å²) in [5.41, 5.74) is 1.91. The number of hydrogen-bond donors (Lipinski definition) is 0. The summed E-state index contributed by atoms with van der Waals surface area (Å²) in [6.45, 7) is 1.06. The van der Waals surface area contributed by atoms with Crippen molar-refractivity contribution < 1.29 is 36.7 Å². The Hall–Kier alpha value is -1.66. The van der Waals surface area contributed by atoms with Gasteiger partial charge in [0.25, 0.3) is 0 Å². The highest BCUT2D eigenvalue weighted by molar-refractivity contribution is 8.08. The maximum absolute atomic E-state index is 11.7. The predicted octanol–water partition coefficient (Wildman–Crippen LogP) is 2.05. The lowest BCUT2D eigenvalue weighted by Crippen LogP contribution is -2.25. The molecule has 0 atom stereocenters. The first kappa shape index (κ1) is 20.1. The molecule has 0 unspecified atom stereocenters. The van der Waals surface area contributed by atoms with Gasteiger partial charge in [0.2, 0.25) is 0 Å². The molecule has 2 aromatic carbocycles. The molecule has 0 amide bonds. The van der Waals surface area contributed by atoms with Gasteiger partial charge in [0.15, 0.2) is 11.4 Å². The Kier molecular flexibility index (Phi) is 7.07. The summed E-state index contributed by atoms with van der Waals surface area (Å²) in [7, 11) is -3.93. The molecule has 27 heavy (non-hydrogen) atoms. The molecule has 0 radical (unpaired) electrons. The molecule has 0 bridgehead atoms. The van der Waals surface area contributed by atoms with E-state index in [4.69, 9.17) is 13.7 Å². The molecule has 1 aliphatic heterocycles. The quantitative estimate of drug-likeness (QED) is 0.211. The molecule has 0 aromatic heterocycles. The molecule has 1 saturated heterocycles. The topological polar surface area (TPSA) is 103 Å². The molecule has 146 valence electrons. The fraction of sp³-hybridized carbons (Fsp3) is 0.294. The van der Waals surface area contributed by atoms with Crippen LogP contribution in [0.2, 0.25) is 0 Å². The Labute approximate surface area is 161 Å². The number of rotatable bonds is 8. The molecule has 8 nitrogen and oxygen atoms in total. The van der Waals surface area contributed by atoms with Gasteiger partial charge in [-0.2, -0.15) is 12.8 Å². The highest BCUT2D eigenvalue weighted by Crippen LogP contribution is 2.30. The second kappa shape index (κ2) is 9.51. The Morgan fingerprint density at radius 1 is 1.00 bits per heavy atom. The summed E-state index contributed by atoms with van der Waals surface area (Å²) in [5.74, 6) is 0.299. The van der Waals surface area contributed by atoms with Crippen molar-refractivity contribution in [3.05, 3.63) is 65.7 Å². The van der Waals surface area contributed by atoms with Crippen LogP contribution in [0.15, 0.2) is 54.6 Å². The van der Waals surface area contributed by atoms with Crippen LogP contribution in [-0.4, -0.2) is 26.7 Å². The summed E-state index contributed by atoms with van der Waals surface area (Å²) in [5, 5.41) is 12.1. The van der Waals surface area contributed by atoms with Crippen molar-refractivity contribution in [2.75, 3.05) is 18.3 Å². The molecule has 0 spiro atoms. The fourth-order valence-corrected chi connectivity index (χ4v) is 3.83. The molecule has 0 N–H and O–H groups in total. The zero-order valence-corrected chi connectivity index (χ0v) is 15.7. The Morgan fingerprint density at radius 3 is 2.30 bits per heavy atom. The van der Waals surface area contributed by atoms with E-state index >= 15 is 0 Å². The van der Waals surface area contributed by atoms with Gasteiger partial charge in [0.05, 0.1) is 25.3 Å². The number of ether oxygens (including phenoxy) is 2. The maximum atomic E-state index is 11.7. The van der Waals surface area contributed by atoms with Crippen molar-refractivity contribution in [3.63, 3.8) is 0 Å². The molecule has 2 aromatic rings. The molecule has 1 aliphatic rings. The Bertz CT molecular complexity index is 803. The number of benzene rings is 2. The molecule has 10 heteroatoms. The van der Waals surface area contributed by atoms with Gasteiger partial charge in [0.1, 0.15) is 5.75 Å². The van der Waals surface area contributed by atoms with Crippen molar-refractivity contribution in [2.24, 2.45) is 0 Å². The van der Waals surface area contributed by atoms with E-state index in [-0.39, 0.29) is 11.7 Å². The smallest absolute Gasteiger partial charge is 0.321 e. The van der Waals surface area contributed by atoms with E-state index in [1.807, 2.05) is 30.3 Å². The lowest BCUT2D eigenvalue weighted by Gasteiger charge is -2.30. The fourth-order valence-electron chi connectivity index (χ4n) is 2.56. The van der Waals surface area contributed by atoms with Gasteiger partial charge in [-0.1, -0.05) is 42.5 Å². The van der Waals surface area contributed by atoms with Crippen LogP contribution >= 0.6 is 12.0 Å². The van der Waals surface area contributed by atoms with E-state index in [1.165, 1.54) is 12.1 Å². The van der Waals surface area contributed by atoms with E-state index in [0.29, 0.717) is 25.3 Å². The lowest BCUT2D eigenvalue weighted by molar-refractivity contribution is -0.777. The minimum absolute atomic E-state index is 0.125. The maximum Gasteiger partial charge on any atom is 0.321 e. The van der Waals surface area contributed by atoms with Gasteiger partial charge in [-0.05, 0) is 17.7 Å². The summed E-state index contributed by atoms with van der Waals surface area (Å²) in [6, 6.07) is 16.3. The first-order valence-electron chi connectivity index (χ1n) is 7.96. The largest absolute Gasteiger partial charge is 0.691 e. The second-order valence-electron chi connectivity index (χ2n) is 5.69. The lowest BCUT2D eigenvalue weighted by atomic mass is 10.0. The third-order valence-corrected chi connectivity index (χ3v) is 5.95.